The summed E-state index contributed by atoms with van der Waals surface area (Å²) in [5.41, 5.74) is -0.521. The molecule has 148 valence electrons. The second kappa shape index (κ2) is 8.70. The van der Waals surface area contributed by atoms with Crippen LogP contribution in [0, 0.1) is 16.2 Å². The van der Waals surface area contributed by atoms with E-state index in [9.17, 15) is 4.79 Å². The van der Waals surface area contributed by atoms with Gasteiger partial charge in [0, 0.05) is 13.1 Å². The molecule has 0 saturated carbocycles. The van der Waals surface area contributed by atoms with E-state index in [1.165, 1.54) is 0 Å². The fourth-order valence-corrected chi connectivity index (χ4v) is 3.20. The molecule has 1 atom stereocenters. The van der Waals surface area contributed by atoms with E-state index in [-0.39, 0.29) is 27.3 Å². The van der Waals surface area contributed by atoms with Gasteiger partial charge in [-0.25, -0.2) is 0 Å². The topological polar surface area (TPSA) is 79.8 Å². The molecule has 0 fully saturated rings. The van der Waals surface area contributed by atoms with Crippen molar-refractivity contribution in [1.82, 2.24) is 20.3 Å². The summed E-state index contributed by atoms with van der Waals surface area (Å²) >= 11 is 11.5. The maximum absolute atomic E-state index is 12.9. The summed E-state index contributed by atoms with van der Waals surface area (Å²) in [6.07, 6.45) is 1.54. The number of hydrogen-bond acceptors (Lipinski definition) is 5. The van der Waals surface area contributed by atoms with Gasteiger partial charge < -0.3 is 10.6 Å². The van der Waals surface area contributed by atoms with Gasteiger partial charge in [-0.3, -0.25) is 4.79 Å². The van der Waals surface area contributed by atoms with Crippen molar-refractivity contribution in [2.75, 3.05) is 18.4 Å². The second-order valence-corrected chi connectivity index (χ2v) is 9.73. The zero-order valence-corrected chi connectivity index (χ0v) is 18.3. The van der Waals surface area contributed by atoms with Gasteiger partial charge in [0.1, 0.15) is 0 Å². The van der Waals surface area contributed by atoms with Gasteiger partial charge in [-0.2, -0.15) is 15.0 Å². The summed E-state index contributed by atoms with van der Waals surface area (Å²) < 4.78 is 0. The number of hydrogen-bond donors (Lipinski definition) is 2. The summed E-state index contributed by atoms with van der Waals surface area (Å²) in [5, 5.41) is 6.19. The van der Waals surface area contributed by atoms with Crippen LogP contribution in [-0.4, -0.2) is 33.9 Å². The lowest BCUT2D eigenvalue weighted by atomic mass is 9.61. The molecule has 1 heterocycles. The Hall–Kier alpha value is -1.14. The van der Waals surface area contributed by atoms with Gasteiger partial charge in [-0.05, 0) is 46.9 Å². The van der Waals surface area contributed by atoms with Crippen molar-refractivity contribution in [3.63, 3.8) is 0 Å². The molecule has 0 aliphatic carbocycles. The summed E-state index contributed by atoms with van der Waals surface area (Å²) in [5.74, 6) is 0.416. The normalized spacial score (nSPS) is 14.7. The molecule has 0 radical (unpaired) electrons. The van der Waals surface area contributed by atoms with Crippen LogP contribution >= 0.6 is 23.2 Å². The monoisotopic (exact) mass is 403 g/mol. The highest BCUT2D eigenvalue weighted by atomic mass is 35.5. The Morgan fingerprint density at radius 3 is 1.92 bits per heavy atom. The smallest absolute Gasteiger partial charge is 0.228 e. The summed E-state index contributed by atoms with van der Waals surface area (Å²) in [7, 11) is 0. The molecule has 0 aliphatic rings. The first-order chi connectivity index (χ1) is 11.7. The summed E-state index contributed by atoms with van der Waals surface area (Å²) in [4.78, 5) is 24.5. The third kappa shape index (κ3) is 6.88. The van der Waals surface area contributed by atoms with Gasteiger partial charge in [-0.1, -0.05) is 48.5 Å². The second-order valence-electron chi connectivity index (χ2n) is 9.05. The number of anilines is 1. The van der Waals surface area contributed by atoms with Crippen LogP contribution in [0.25, 0.3) is 0 Å². The third-order valence-electron chi connectivity index (χ3n) is 4.54. The molecule has 26 heavy (non-hydrogen) atoms. The van der Waals surface area contributed by atoms with E-state index in [2.05, 4.69) is 74.1 Å². The number of aromatic nitrogens is 3. The highest BCUT2D eigenvalue weighted by Crippen LogP contribution is 2.46. The lowest BCUT2D eigenvalue weighted by molar-refractivity contribution is -0.138. The van der Waals surface area contributed by atoms with Gasteiger partial charge in [0.15, 0.2) is 0 Å². The van der Waals surface area contributed by atoms with Crippen molar-refractivity contribution >= 4 is 35.1 Å². The molecule has 1 unspecified atom stereocenters. The molecule has 0 aliphatic heterocycles. The number of carbonyl (C=O) groups excluding carboxylic acids is 1. The molecule has 6 nitrogen and oxygen atoms in total. The van der Waals surface area contributed by atoms with Crippen molar-refractivity contribution in [3.8, 4) is 0 Å². The molecule has 2 N–H and O–H groups in total. The van der Waals surface area contributed by atoms with Crippen LogP contribution in [0.15, 0.2) is 0 Å². The van der Waals surface area contributed by atoms with E-state index in [1.54, 1.807) is 0 Å². The van der Waals surface area contributed by atoms with E-state index in [4.69, 9.17) is 23.2 Å². The van der Waals surface area contributed by atoms with Gasteiger partial charge >= 0.3 is 0 Å². The van der Waals surface area contributed by atoms with E-state index in [1.807, 2.05) is 0 Å². The first-order valence-corrected chi connectivity index (χ1v) is 9.59. The number of amides is 1. The van der Waals surface area contributed by atoms with Crippen LogP contribution < -0.4 is 10.6 Å². The molecule has 1 aromatic heterocycles. The van der Waals surface area contributed by atoms with E-state index >= 15 is 0 Å². The molecule has 0 bridgehead atoms. The van der Waals surface area contributed by atoms with Crippen molar-refractivity contribution in [2.45, 2.75) is 61.3 Å². The third-order valence-corrected chi connectivity index (χ3v) is 4.88. The Labute approximate surface area is 166 Å². The predicted molar refractivity (Wildman–Crippen MR) is 108 cm³/mol. The van der Waals surface area contributed by atoms with Gasteiger partial charge in [0.05, 0.1) is 5.41 Å². The van der Waals surface area contributed by atoms with Crippen molar-refractivity contribution in [1.29, 1.82) is 0 Å². The Morgan fingerprint density at radius 1 is 0.923 bits per heavy atom. The van der Waals surface area contributed by atoms with Crippen LogP contribution in [0.4, 0.5) is 5.95 Å². The van der Waals surface area contributed by atoms with Gasteiger partial charge in [-0.15, -0.1) is 0 Å². The minimum absolute atomic E-state index is 0.0453. The molecule has 1 amide bonds. The Balaban J connectivity index is 2.55. The van der Waals surface area contributed by atoms with Crippen LogP contribution in [0.1, 0.15) is 61.3 Å². The molecule has 0 saturated heterocycles. The Bertz CT molecular complexity index is 605. The minimum Gasteiger partial charge on any atom is -0.356 e. The quantitative estimate of drug-likeness (QED) is 0.650. The van der Waals surface area contributed by atoms with E-state index < -0.39 is 5.41 Å². The average molecular weight is 404 g/mol. The SMILES string of the molecule is CC(C)(C)CC(C)(C(=O)NCCCNc1nc(Cl)nc(Cl)n1)C(C)(C)C. The number of rotatable bonds is 7. The highest BCUT2D eigenvalue weighted by molar-refractivity contribution is 6.31. The lowest BCUT2D eigenvalue weighted by Gasteiger charge is -2.44. The summed E-state index contributed by atoms with van der Waals surface area (Å²) in [6.45, 7) is 16.1. The number of halogens is 2. The maximum atomic E-state index is 12.9. The number of carbonyl (C=O) groups is 1. The zero-order chi connectivity index (χ0) is 20.2. The maximum Gasteiger partial charge on any atom is 0.228 e. The number of nitrogens with one attached hydrogen (secondary N) is 2. The summed E-state index contributed by atoms with van der Waals surface area (Å²) in [6, 6.07) is 0. The fraction of sp³-hybridized carbons (Fsp3) is 0.778. The molecular weight excluding hydrogens is 373 g/mol. The first-order valence-electron chi connectivity index (χ1n) is 8.84. The highest BCUT2D eigenvalue weighted by Gasteiger charge is 2.46. The van der Waals surface area contributed by atoms with E-state index in [0.29, 0.717) is 19.0 Å². The van der Waals surface area contributed by atoms with Crippen LogP contribution in [0.3, 0.4) is 0 Å². The standard InChI is InChI=1S/C18H31Cl2N5O/c1-16(2,3)11-18(7,17(4,5)6)12(26)21-9-8-10-22-15-24-13(19)23-14(20)25-15/h8-11H2,1-7H3,(H,21,26)(H,22,23,24,25). The Kier molecular flexibility index (Phi) is 7.66. The van der Waals surface area contributed by atoms with Crippen LogP contribution in [0.5, 0.6) is 0 Å². The average Bonchev–Trinajstić information content (AvgIpc) is 2.42. The van der Waals surface area contributed by atoms with Gasteiger partial charge in [0.25, 0.3) is 0 Å². The van der Waals surface area contributed by atoms with Crippen molar-refractivity contribution in [3.05, 3.63) is 10.6 Å². The minimum atomic E-state index is -0.450. The van der Waals surface area contributed by atoms with Crippen LogP contribution in [-0.2, 0) is 4.79 Å². The first kappa shape index (κ1) is 22.9. The van der Waals surface area contributed by atoms with Gasteiger partial charge in [0.2, 0.25) is 22.4 Å². The fourth-order valence-electron chi connectivity index (χ4n) is 2.84. The molecule has 8 heteroatoms. The zero-order valence-electron chi connectivity index (χ0n) is 16.8. The Morgan fingerprint density at radius 2 is 1.46 bits per heavy atom. The molecule has 0 spiro atoms. The molecule has 1 rings (SSSR count). The van der Waals surface area contributed by atoms with E-state index in [0.717, 1.165) is 12.8 Å². The predicted octanol–water partition coefficient (Wildman–Crippen LogP) is 4.59. The number of nitrogens with zero attached hydrogens (tertiary/aromatic N) is 3. The molecule has 1 aromatic rings. The van der Waals surface area contributed by atoms with Crippen molar-refractivity contribution < 1.29 is 4.79 Å². The molecular formula is C18H31Cl2N5O. The lowest BCUT2D eigenvalue weighted by Crippen LogP contribution is -2.49. The largest absolute Gasteiger partial charge is 0.356 e. The van der Waals surface area contributed by atoms with Crippen LogP contribution in [0.2, 0.25) is 10.6 Å². The van der Waals surface area contributed by atoms with Crippen molar-refractivity contribution in [2.24, 2.45) is 16.2 Å². The molecule has 0 aromatic carbocycles.